The predicted molar refractivity (Wildman–Crippen MR) is 73.2 cm³/mol. The van der Waals surface area contributed by atoms with Crippen LogP contribution in [0.1, 0.15) is 20.3 Å². The van der Waals surface area contributed by atoms with E-state index in [0.717, 1.165) is 6.42 Å². The number of para-hydroxylation sites is 1. The zero-order chi connectivity index (χ0) is 13.4. The maximum atomic E-state index is 11.3. The lowest BCUT2D eigenvalue weighted by Crippen LogP contribution is -2.40. The molecule has 4 nitrogen and oxygen atoms in total. The molecule has 2 amide bonds. The maximum Gasteiger partial charge on any atom is 0.314 e. The molecule has 0 radical (unpaired) electrons. The van der Waals surface area contributed by atoms with E-state index in [9.17, 15) is 4.79 Å². The summed E-state index contributed by atoms with van der Waals surface area (Å²) in [5.74, 6) is 0.672. The highest BCUT2D eigenvalue weighted by Crippen LogP contribution is 2.22. The second-order valence-electron chi connectivity index (χ2n) is 4.19. The van der Waals surface area contributed by atoms with Gasteiger partial charge >= 0.3 is 6.03 Å². The van der Waals surface area contributed by atoms with Crippen molar-refractivity contribution in [1.29, 1.82) is 0 Å². The normalized spacial score (nSPS) is 10.2. The van der Waals surface area contributed by atoms with Gasteiger partial charge in [-0.25, -0.2) is 4.79 Å². The summed E-state index contributed by atoms with van der Waals surface area (Å²) in [5.41, 5.74) is 0. The number of carbonyl (C=O) groups is 1. The molecule has 0 bridgehead atoms. The Morgan fingerprint density at radius 2 is 2.11 bits per heavy atom. The molecule has 0 heterocycles. The topological polar surface area (TPSA) is 50.4 Å². The molecule has 0 saturated heterocycles. The fourth-order valence-electron chi connectivity index (χ4n) is 1.33. The van der Waals surface area contributed by atoms with Crippen molar-refractivity contribution in [2.45, 2.75) is 26.3 Å². The first-order chi connectivity index (χ1) is 8.59. The first kappa shape index (κ1) is 14.6. The largest absolute Gasteiger partial charge is 0.492 e. The lowest BCUT2D eigenvalue weighted by atomic mass is 10.3. The van der Waals surface area contributed by atoms with Crippen molar-refractivity contribution in [2.75, 3.05) is 13.2 Å². The average Bonchev–Trinajstić information content (AvgIpc) is 2.30. The van der Waals surface area contributed by atoms with Crippen molar-refractivity contribution in [2.24, 2.45) is 0 Å². The summed E-state index contributed by atoms with van der Waals surface area (Å²) >= 11 is 5.94. The van der Waals surface area contributed by atoms with Gasteiger partial charge in [-0.3, -0.25) is 0 Å². The van der Waals surface area contributed by atoms with Crippen molar-refractivity contribution >= 4 is 17.6 Å². The van der Waals surface area contributed by atoms with Gasteiger partial charge in [0.25, 0.3) is 0 Å². The smallest absolute Gasteiger partial charge is 0.314 e. The van der Waals surface area contributed by atoms with E-state index in [1.807, 2.05) is 32.0 Å². The van der Waals surface area contributed by atoms with Crippen LogP contribution >= 0.6 is 11.6 Å². The Balaban J connectivity index is 2.12. The van der Waals surface area contributed by atoms with E-state index in [1.54, 1.807) is 6.07 Å². The van der Waals surface area contributed by atoms with Crippen LogP contribution in [0.4, 0.5) is 4.79 Å². The SMILES string of the molecule is CC(C)NC(=O)NCCCOc1ccccc1Cl. The molecule has 0 aliphatic heterocycles. The summed E-state index contributed by atoms with van der Waals surface area (Å²) in [7, 11) is 0. The number of halogens is 1. The number of rotatable bonds is 6. The molecule has 0 saturated carbocycles. The Kier molecular flexibility index (Phi) is 6.36. The molecule has 2 N–H and O–H groups in total. The van der Waals surface area contributed by atoms with E-state index >= 15 is 0 Å². The second-order valence-corrected chi connectivity index (χ2v) is 4.59. The zero-order valence-electron chi connectivity index (χ0n) is 10.7. The molecule has 0 aliphatic rings. The lowest BCUT2D eigenvalue weighted by Gasteiger charge is -2.10. The van der Waals surface area contributed by atoms with Crippen molar-refractivity contribution in [1.82, 2.24) is 10.6 Å². The Bertz CT molecular complexity index is 383. The highest BCUT2D eigenvalue weighted by molar-refractivity contribution is 6.32. The summed E-state index contributed by atoms with van der Waals surface area (Å²) in [4.78, 5) is 11.3. The van der Waals surface area contributed by atoms with Crippen molar-refractivity contribution in [3.05, 3.63) is 29.3 Å². The van der Waals surface area contributed by atoms with Crippen LogP contribution in [0.3, 0.4) is 0 Å². The molecule has 0 aliphatic carbocycles. The minimum absolute atomic E-state index is 0.143. The Morgan fingerprint density at radius 1 is 1.39 bits per heavy atom. The highest BCUT2D eigenvalue weighted by Gasteiger charge is 2.02. The summed E-state index contributed by atoms with van der Waals surface area (Å²) in [6.07, 6.45) is 0.733. The minimum atomic E-state index is -0.150. The number of nitrogens with one attached hydrogen (secondary N) is 2. The molecule has 0 fully saturated rings. The molecule has 0 aromatic heterocycles. The molecule has 18 heavy (non-hydrogen) atoms. The Hall–Kier alpha value is -1.42. The highest BCUT2D eigenvalue weighted by atomic mass is 35.5. The van der Waals surface area contributed by atoms with Gasteiger partial charge < -0.3 is 15.4 Å². The van der Waals surface area contributed by atoms with Gasteiger partial charge in [0, 0.05) is 12.6 Å². The monoisotopic (exact) mass is 270 g/mol. The molecular weight excluding hydrogens is 252 g/mol. The maximum absolute atomic E-state index is 11.3. The molecule has 100 valence electrons. The van der Waals surface area contributed by atoms with E-state index in [-0.39, 0.29) is 12.1 Å². The van der Waals surface area contributed by atoms with Crippen LogP contribution in [0.25, 0.3) is 0 Å². The third kappa shape index (κ3) is 5.77. The van der Waals surface area contributed by atoms with Crippen LogP contribution in [-0.2, 0) is 0 Å². The zero-order valence-corrected chi connectivity index (χ0v) is 11.5. The molecule has 1 rings (SSSR count). The van der Waals surface area contributed by atoms with Crippen LogP contribution in [0.15, 0.2) is 24.3 Å². The third-order valence-electron chi connectivity index (χ3n) is 2.12. The first-order valence-corrected chi connectivity index (χ1v) is 6.39. The molecule has 5 heteroatoms. The van der Waals surface area contributed by atoms with Gasteiger partial charge in [-0.2, -0.15) is 0 Å². The van der Waals surface area contributed by atoms with E-state index < -0.39 is 0 Å². The van der Waals surface area contributed by atoms with Gasteiger partial charge in [0.05, 0.1) is 11.6 Å². The van der Waals surface area contributed by atoms with E-state index in [4.69, 9.17) is 16.3 Å². The van der Waals surface area contributed by atoms with Crippen LogP contribution in [0.2, 0.25) is 5.02 Å². The molecule has 1 aromatic carbocycles. The van der Waals surface area contributed by atoms with Crippen LogP contribution in [-0.4, -0.2) is 25.2 Å². The summed E-state index contributed by atoms with van der Waals surface area (Å²) in [6, 6.07) is 7.32. The minimum Gasteiger partial charge on any atom is -0.492 e. The van der Waals surface area contributed by atoms with E-state index in [2.05, 4.69) is 10.6 Å². The van der Waals surface area contributed by atoms with Gasteiger partial charge in [0.2, 0.25) is 0 Å². The fraction of sp³-hybridized carbons (Fsp3) is 0.462. The van der Waals surface area contributed by atoms with Gasteiger partial charge in [0.15, 0.2) is 0 Å². The lowest BCUT2D eigenvalue weighted by molar-refractivity contribution is 0.237. The van der Waals surface area contributed by atoms with Crippen LogP contribution in [0, 0.1) is 0 Å². The number of amides is 2. The standard InChI is InChI=1S/C13H19ClN2O2/c1-10(2)16-13(17)15-8-5-9-18-12-7-4-3-6-11(12)14/h3-4,6-7,10H,5,8-9H2,1-2H3,(H2,15,16,17). The molecular formula is C13H19ClN2O2. The van der Waals surface area contributed by atoms with Crippen LogP contribution < -0.4 is 15.4 Å². The molecule has 0 atom stereocenters. The Morgan fingerprint density at radius 3 is 2.78 bits per heavy atom. The number of hydrogen-bond acceptors (Lipinski definition) is 2. The fourth-order valence-corrected chi connectivity index (χ4v) is 1.52. The van der Waals surface area contributed by atoms with E-state index in [1.165, 1.54) is 0 Å². The first-order valence-electron chi connectivity index (χ1n) is 6.01. The number of benzene rings is 1. The summed E-state index contributed by atoms with van der Waals surface area (Å²) in [5, 5.41) is 6.10. The van der Waals surface area contributed by atoms with Gasteiger partial charge in [0.1, 0.15) is 5.75 Å². The van der Waals surface area contributed by atoms with Gasteiger partial charge in [-0.15, -0.1) is 0 Å². The van der Waals surface area contributed by atoms with Crippen molar-refractivity contribution in [3.63, 3.8) is 0 Å². The van der Waals surface area contributed by atoms with Crippen molar-refractivity contribution in [3.8, 4) is 5.75 Å². The van der Waals surface area contributed by atoms with Gasteiger partial charge in [-0.1, -0.05) is 23.7 Å². The van der Waals surface area contributed by atoms with Crippen molar-refractivity contribution < 1.29 is 9.53 Å². The number of carbonyl (C=O) groups excluding carboxylic acids is 1. The number of ether oxygens (including phenoxy) is 1. The third-order valence-corrected chi connectivity index (χ3v) is 2.43. The average molecular weight is 271 g/mol. The number of hydrogen-bond donors (Lipinski definition) is 2. The quantitative estimate of drug-likeness (QED) is 0.781. The van der Waals surface area contributed by atoms with Crippen LogP contribution in [0.5, 0.6) is 5.75 Å². The summed E-state index contributed by atoms with van der Waals surface area (Å²) < 4.78 is 5.50. The predicted octanol–water partition coefficient (Wildman–Crippen LogP) is 2.82. The number of urea groups is 1. The molecule has 0 unspecified atom stereocenters. The van der Waals surface area contributed by atoms with E-state index in [0.29, 0.717) is 23.9 Å². The second kappa shape index (κ2) is 7.82. The molecule has 1 aromatic rings. The molecule has 0 spiro atoms. The van der Waals surface area contributed by atoms with Gasteiger partial charge in [-0.05, 0) is 32.4 Å². The Labute approximate surface area is 113 Å². The summed E-state index contributed by atoms with van der Waals surface area (Å²) in [6.45, 7) is 4.93.